The second-order valence-corrected chi connectivity index (χ2v) is 12.4. The maximum absolute atomic E-state index is 9.58. The van der Waals surface area contributed by atoms with E-state index in [0.29, 0.717) is 33.2 Å². The quantitative estimate of drug-likeness (QED) is 0.172. The van der Waals surface area contributed by atoms with Gasteiger partial charge in [0.2, 0.25) is 0 Å². The van der Waals surface area contributed by atoms with Crippen LogP contribution < -0.4 is 0 Å². The summed E-state index contributed by atoms with van der Waals surface area (Å²) in [4.78, 5) is 0. The molecule has 236 valence electrons. The molecule has 0 amide bonds. The molecule has 1 heteroatoms. The van der Waals surface area contributed by atoms with Crippen LogP contribution in [0.2, 0.25) is 0 Å². The summed E-state index contributed by atoms with van der Waals surface area (Å²) in [5.41, 5.74) is 2.06. The van der Waals surface area contributed by atoms with E-state index in [-0.39, 0.29) is 32.7 Å². The van der Waals surface area contributed by atoms with Gasteiger partial charge < -0.3 is 4.42 Å². The topological polar surface area (TPSA) is 13.1 Å². The third-order valence-corrected chi connectivity index (χ3v) is 9.77. The highest BCUT2D eigenvalue weighted by molar-refractivity contribution is 6.25. The second kappa shape index (κ2) is 10.9. The van der Waals surface area contributed by atoms with Crippen molar-refractivity contribution in [2.45, 2.75) is 0 Å². The molecular weight excluding hydrogens is 617 g/mol. The molecule has 11 aromatic rings. The zero-order valence-corrected chi connectivity index (χ0v) is 26.6. The molecule has 0 aliphatic rings. The molecule has 1 heterocycles. The molecule has 0 atom stereocenters. The molecular formula is C50H30O. The summed E-state index contributed by atoms with van der Waals surface area (Å²) in [6.45, 7) is 0. The van der Waals surface area contributed by atoms with Crippen molar-refractivity contribution in [3.63, 3.8) is 0 Å². The number of hydrogen-bond donors (Lipinski definition) is 0. The van der Waals surface area contributed by atoms with Gasteiger partial charge in [0, 0.05) is 16.3 Å². The highest BCUT2D eigenvalue weighted by Gasteiger charge is 2.21. The Bertz CT molecular complexity index is 3970. The molecule has 0 unspecified atom stereocenters. The van der Waals surface area contributed by atoms with Crippen molar-refractivity contribution < 1.29 is 25.0 Å². The first kappa shape index (κ1) is 17.3. The van der Waals surface area contributed by atoms with Crippen LogP contribution in [0, 0.1) is 0 Å². The van der Waals surface area contributed by atoms with Crippen molar-refractivity contribution in [2.75, 3.05) is 0 Å². The van der Waals surface area contributed by atoms with Crippen LogP contribution in [0.25, 0.3) is 109 Å². The van der Waals surface area contributed by atoms with Crippen molar-refractivity contribution in [1.82, 2.24) is 0 Å². The molecule has 0 fully saturated rings. The molecule has 0 saturated heterocycles. The molecule has 0 bridgehead atoms. The van der Waals surface area contributed by atoms with Crippen molar-refractivity contribution in [3.05, 3.63) is 182 Å². The number of rotatable bonds is 3. The Kier molecular flexibility index (Phi) is 3.70. The van der Waals surface area contributed by atoms with Crippen molar-refractivity contribution in [3.8, 4) is 33.4 Å². The minimum atomic E-state index is -0.762. The molecule has 0 spiro atoms. The summed E-state index contributed by atoms with van der Waals surface area (Å²) in [7, 11) is 0. The standard InChI is InChI=1S/C50H30O/c1-4-17-35-31(13-1)16-11-24-38(35)48-41-22-9-7-20-39(41)47(40-21-8-10-23-42(40)48)34-29-33-15-3-5-18-36(33)45(30-34)43-25-12-26-44-49-37-19-6-2-14-32(37)27-28-46(49)51-50(43)44/h1-30H/i1D,4D,7D,8D,9D,10D,11D,13D,16D,17D,20D,21D,22D,23D,24D. The lowest BCUT2D eigenvalue weighted by molar-refractivity contribution is 0.670. The van der Waals surface area contributed by atoms with E-state index in [2.05, 4.69) is 0 Å². The van der Waals surface area contributed by atoms with E-state index in [0.717, 1.165) is 26.9 Å². The van der Waals surface area contributed by atoms with Crippen molar-refractivity contribution in [1.29, 1.82) is 0 Å². The predicted octanol–water partition coefficient (Wildman–Crippen LogP) is 14.4. The van der Waals surface area contributed by atoms with Gasteiger partial charge in [-0.25, -0.2) is 0 Å². The summed E-state index contributed by atoms with van der Waals surface area (Å²) in [5, 5.41) is 3.40. The van der Waals surface area contributed by atoms with Crippen molar-refractivity contribution in [2.24, 2.45) is 0 Å². The molecule has 11 rings (SSSR count). The Morgan fingerprint density at radius 3 is 1.78 bits per heavy atom. The van der Waals surface area contributed by atoms with Gasteiger partial charge in [-0.3, -0.25) is 0 Å². The number of para-hydroxylation sites is 1. The van der Waals surface area contributed by atoms with Crippen LogP contribution in [0.5, 0.6) is 0 Å². The molecule has 0 saturated carbocycles. The average molecular weight is 662 g/mol. The minimum Gasteiger partial charge on any atom is -0.455 e. The molecule has 0 N–H and O–H groups in total. The van der Waals surface area contributed by atoms with Gasteiger partial charge >= 0.3 is 0 Å². The lowest BCUT2D eigenvalue weighted by Crippen LogP contribution is -1.92. The lowest BCUT2D eigenvalue weighted by Gasteiger charge is -2.20. The van der Waals surface area contributed by atoms with Crippen LogP contribution in [-0.4, -0.2) is 0 Å². The second-order valence-electron chi connectivity index (χ2n) is 12.4. The fraction of sp³-hybridized carbons (Fsp3) is 0. The third-order valence-electron chi connectivity index (χ3n) is 9.77. The zero-order valence-electron chi connectivity index (χ0n) is 41.6. The van der Waals surface area contributed by atoms with Crippen LogP contribution in [0.3, 0.4) is 0 Å². The SMILES string of the molecule is [2H]c1c([2H])c([2H])c2c(-c3c4c([2H])c([2H])c([2H])c([2H])c4c(-c4cc(-c5cccc6c5oc5ccc7ccccc7c56)c5ccccc5c4)c4c([2H])c([2H])c([2H])c([2H])c34)c([2H])c([2H])c([2H])c2c1[2H]. The van der Waals surface area contributed by atoms with Gasteiger partial charge in [-0.05, 0) is 99.9 Å². The van der Waals surface area contributed by atoms with Gasteiger partial charge in [-0.1, -0.05) is 163 Å². The Morgan fingerprint density at radius 2 is 1.00 bits per heavy atom. The van der Waals surface area contributed by atoms with E-state index in [1.54, 1.807) is 12.1 Å². The van der Waals surface area contributed by atoms with Gasteiger partial charge in [0.15, 0.2) is 0 Å². The average Bonchev–Trinajstić information content (AvgIpc) is 3.72. The molecule has 1 nitrogen and oxygen atoms in total. The fourth-order valence-electron chi connectivity index (χ4n) is 7.62. The monoisotopic (exact) mass is 661 g/mol. The van der Waals surface area contributed by atoms with E-state index in [1.807, 2.05) is 78.9 Å². The molecule has 51 heavy (non-hydrogen) atoms. The highest BCUT2D eigenvalue weighted by atomic mass is 16.3. The van der Waals surface area contributed by atoms with Crippen LogP contribution in [-0.2, 0) is 0 Å². The Morgan fingerprint density at radius 1 is 0.373 bits per heavy atom. The van der Waals surface area contributed by atoms with Gasteiger partial charge in [0.25, 0.3) is 0 Å². The van der Waals surface area contributed by atoms with Crippen LogP contribution >= 0.6 is 0 Å². The first-order valence-corrected chi connectivity index (χ1v) is 16.4. The highest BCUT2D eigenvalue weighted by Crippen LogP contribution is 2.48. The normalized spacial score (nSPS) is 16.0. The van der Waals surface area contributed by atoms with E-state index in [1.165, 1.54) is 0 Å². The van der Waals surface area contributed by atoms with Gasteiger partial charge in [0.1, 0.15) is 11.2 Å². The lowest BCUT2D eigenvalue weighted by atomic mass is 9.83. The smallest absolute Gasteiger partial charge is 0.143 e. The van der Waals surface area contributed by atoms with E-state index in [4.69, 9.17) is 18.1 Å². The van der Waals surface area contributed by atoms with Crippen LogP contribution in [0.15, 0.2) is 186 Å². The van der Waals surface area contributed by atoms with Gasteiger partial charge in [0.05, 0.1) is 20.6 Å². The van der Waals surface area contributed by atoms with Gasteiger partial charge in [-0.15, -0.1) is 0 Å². The summed E-state index contributed by atoms with van der Waals surface area (Å²) >= 11 is 0. The maximum Gasteiger partial charge on any atom is 0.143 e. The molecule has 0 aliphatic carbocycles. The first-order valence-electron chi connectivity index (χ1n) is 23.9. The summed E-state index contributed by atoms with van der Waals surface area (Å²) in [6, 6.07) is 18.5. The first-order chi connectivity index (χ1) is 31.5. The fourth-order valence-corrected chi connectivity index (χ4v) is 7.62. The summed E-state index contributed by atoms with van der Waals surface area (Å²) < 4.78 is 143. The van der Waals surface area contributed by atoms with E-state index >= 15 is 0 Å². The van der Waals surface area contributed by atoms with Crippen molar-refractivity contribution >= 4 is 75.8 Å². The Balaban J connectivity index is 1.38. The number of fused-ring (bicyclic) bond motifs is 9. The molecule has 1 aromatic heterocycles. The molecule has 0 aliphatic heterocycles. The number of benzene rings is 10. The molecule has 0 radical (unpaired) electrons. The summed E-state index contributed by atoms with van der Waals surface area (Å²) in [5.74, 6) is 0. The Labute approximate surface area is 315 Å². The van der Waals surface area contributed by atoms with Crippen LogP contribution in [0.1, 0.15) is 20.6 Å². The largest absolute Gasteiger partial charge is 0.455 e. The van der Waals surface area contributed by atoms with E-state index < -0.39 is 107 Å². The number of furan rings is 1. The predicted molar refractivity (Wildman–Crippen MR) is 218 cm³/mol. The minimum absolute atomic E-state index is 0.0125. The maximum atomic E-state index is 9.58. The van der Waals surface area contributed by atoms with Crippen LogP contribution in [0.4, 0.5) is 0 Å². The molecule has 10 aromatic carbocycles. The zero-order chi connectivity index (χ0) is 46.5. The number of hydrogen-bond acceptors (Lipinski definition) is 1. The third kappa shape index (κ3) is 4.16. The van der Waals surface area contributed by atoms with E-state index in [9.17, 15) is 6.85 Å². The summed E-state index contributed by atoms with van der Waals surface area (Å²) in [6.07, 6.45) is 0. The van der Waals surface area contributed by atoms with Gasteiger partial charge in [-0.2, -0.15) is 0 Å². The Hall–Kier alpha value is -6.70.